The normalized spacial score (nSPS) is 15.9. The van der Waals surface area contributed by atoms with E-state index in [1.807, 2.05) is 27.7 Å². The van der Waals surface area contributed by atoms with Crippen molar-refractivity contribution < 1.29 is 34.2 Å². The van der Waals surface area contributed by atoms with Crippen molar-refractivity contribution in [2.45, 2.75) is 84.2 Å². The number of primary amides is 1. The van der Waals surface area contributed by atoms with E-state index in [1.165, 1.54) is 0 Å². The minimum Gasteiger partial charge on any atom is -0.480 e. The molecule has 0 aliphatic heterocycles. The van der Waals surface area contributed by atoms with E-state index in [0.29, 0.717) is 6.42 Å². The molecule has 0 heterocycles. The lowest BCUT2D eigenvalue weighted by atomic mass is 10.00. The molecule has 0 rings (SSSR count). The van der Waals surface area contributed by atoms with Crippen molar-refractivity contribution in [3.63, 3.8) is 0 Å². The summed E-state index contributed by atoms with van der Waals surface area (Å²) in [5.41, 5.74) is 11.0. The molecule has 9 N–H and O–H groups in total. The van der Waals surface area contributed by atoms with Crippen LogP contribution in [0.3, 0.4) is 0 Å². The minimum absolute atomic E-state index is 0.0116. The lowest BCUT2D eigenvalue weighted by molar-refractivity contribution is -0.145. The molecular formula is C20H37N5O7. The number of aliphatic hydroxyl groups excluding tert-OH is 1. The Labute approximate surface area is 187 Å². The van der Waals surface area contributed by atoms with Gasteiger partial charge in [-0.2, -0.15) is 0 Å². The molecule has 0 spiro atoms. The van der Waals surface area contributed by atoms with Crippen molar-refractivity contribution in [2.75, 3.05) is 0 Å². The third kappa shape index (κ3) is 11.0. The Kier molecular flexibility index (Phi) is 12.5. The Morgan fingerprint density at radius 1 is 0.781 bits per heavy atom. The molecule has 0 aromatic rings. The summed E-state index contributed by atoms with van der Waals surface area (Å²) in [6.07, 6.45) is -1.41. The van der Waals surface area contributed by atoms with Crippen molar-refractivity contribution in [1.82, 2.24) is 16.0 Å². The molecule has 0 saturated heterocycles. The molecule has 0 bridgehead atoms. The van der Waals surface area contributed by atoms with Gasteiger partial charge in [-0.1, -0.05) is 27.7 Å². The summed E-state index contributed by atoms with van der Waals surface area (Å²) in [6, 6.07) is -5.04. The number of rotatable bonds is 14. The van der Waals surface area contributed by atoms with Gasteiger partial charge in [0.05, 0.1) is 18.6 Å². The zero-order valence-corrected chi connectivity index (χ0v) is 19.3. The van der Waals surface area contributed by atoms with Crippen LogP contribution in [-0.4, -0.2) is 70.1 Å². The Morgan fingerprint density at radius 3 is 1.66 bits per heavy atom. The van der Waals surface area contributed by atoms with Gasteiger partial charge in [0.15, 0.2) is 6.04 Å². The predicted molar refractivity (Wildman–Crippen MR) is 116 cm³/mol. The number of nitrogens with one attached hydrogen (secondary N) is 3. The maximum Gasteiger partial charge on any atom is 0.328 e. The maximum absolute atomic E-state index is 12.8. The number of carbonyl (C=O) groups is 5. The molecule has 5 atom stereocenters. The molecule has 32 heavy (non-hydrogen) atoms. The van der Waals surface area contributed by atoms with E-state index < -0.39 is 66.3 Å². The number of aliphatic carboxylic acids is 1. The van der Waals surface area contributed by atoms with Crippen molar-refractivity contribution in [2.24, 2.45) is 23.3 Å². The summed E-state index contributed by atoms with van der Waals surface area (Å²) in [5.74, 6) is -4.57. The predicted octanol–water partition coefficient (Wildman–Crippen LogP) is -1.80. The summed E-state index contributed by atoms with van der Waals surface area (Å²) in [7, 11) is 0. The maximum atomic E-state index is 12.8. The average Bonchev–Trinajstić information content (AvgIpc) is 2.62. The molecule has 0 aliphatic carbocycles. The number of carbonyl (C=O) groups excluding carboxylic acids is 4. The molecule has 0 aliphatic rings. The van der Waals surface area contributed by atoms with Gasteiger partial charge in [0, 0.05) is 0 Å². The topological polar surface area (TPSA) is 214 Å². The largest absolute Gasteiger partial charge is 0.480 e. The molecule has 0 aromatic carbocycles. The first-order chi connectivity index (χ1) is 14.6. The van der Waals surface area contributed by atoms with Crippen molar-refractivity contribution in [3.05, 3.63) is 0 Å². The highest BCUT2D eigenvalue weighted by Crippen LogP contribution is 2.09. The van der Waals surface area contributed by atoms with Gasteiger partial charge in [0.25, 0.3) is 0 Å². The van der Waals surface area contributed by atoms with Crippen LogP contribution in [0.5, 0.6) is 0 Å². The highest BCUT2D eigenvalue weighted by atomic mass is 16.4. The van der Waals surface area contributed by atoms with Gasteiger partial charge in [-0.25, -0.2) is 4.79 Å². The Morgan fingerprint density at radius 2 is 1.25 bits per heavy atom. The van der Waals surface area contributed by atoms with Crippen LogP contribution in [-0.2, 0) is 24.0 Å². The number of hydrogen-bond acceptors (Lipinski definition) is 7. The number of amides is 4. The second kappa shape index (κ2) is 13.6. The van der Waals surface area contributed by atoms with Crippen LogP contribution in [0.2, 0.25) is 0 Å². The second-order valence-corrected chi connectivity index (χ2v) is 8.72. The molecule has 0 radical (unpaired) electrons. The van der Waals surface area contributed by atoms with Crippen LogP contribution in [0, 0.1) is 11.8 Å². The van der Waals surface area contributed by atoms with Gasteiger partial charge >= 0.3 is 5.97 Å². The first-order valence-corrected chi connectivity index (χ1v) is 10.5. The van der Waals surface area contributed by atoms with Crippen LogP contribution in [0.25, 0.3) is 0 Å². The van der Waals surface area contributed by atoms with Gasteiger partial charge in [-0.3, -0.25) is 19.2 Å². The summed E-state index contributed by atoms with van der Waals surface area (Å²) < 4.78 is 0. The van der Waals surface area contributed by atoms with E-state index in [0.717, 1.165) is 6.92 Å². The van der Waals surface area contributed by atoms with E-state index in [1.54, 1.807) is 0 Å². The smallest absolute Gasteiger partial charge is 0.328 e. The molecule has 5 unspecified atom stereocenters. The summed E-state index contributed by atoms with van der Waals surface area (Å²) in [5, 5.41) is 25.6. The molecule has 12 heteroatoms. The summed E-state index contributed by atoms with van der Waals surface area (Å²) in [6.45, 7) is 8.61. The molecule has 0 fully saturated rings. The van der Waals surface area contributed by atoms with Gasteiger partial charge < -0.3 is 37.6 Å². The fraction of sp³-hybridized carbons (Fsp3) is 0.750. The fourth-order valence-corrected chi connectivity index (χ4v) is 2.92. The fourth-order valence-electron chi connectivity index (χ4n) is 2.92. The molecule has 12 nitrogen and oxygen atoms in total. The van der Waals surface area contributed by atoms with E-state index in [-0.39, 0.29) is 18.3 Å². The number of nitrogens with two attached hydrogens (primary N) is 2. The zero-order valence-electron chi connectivity index (χ0n) is 19.3. The molecule has 4 amide bonds. The van der Waals surface area contributed by atoms with Gasteiger partial charge in [0.1, 0.15) is 12.1 Å². The van der Waals surface area contributed by atoms with E-state index in [2.05, 4.69) is 16.0 Å². The lowest BCUT2D eigenvalue weighted by Gasteiger charge is -2.26. The number of carboxylic acid groups (broad SMARTS) is 1. The molecule has 0 saturated carbocycles. The van der Waals surface area contributed by atoms with E-state index >= 15 is 0 Å². The van der Waals surface area contributed by atoms with Crippen molar-refractivity contribution >= 4 is 29.6 Å². The molecule has 184 valence electrons. The van der Waals surface area contributed by atoms with Gasteiger partial charge in [-0.15, -0.1) is 0 Å². The first-order valence-electron chi connectivity index (χ1n) is 10.5. The Balaban J connectivity index is 5.51. The third-order valence-corrected chi connectivity index (χ3v) is 4.49. The third-order valence-electron chi connectivity index (χ3n) is 4.49. The Hall–Kier alpha value is -2.73. The highest BCUT2D eigenvalue weighted by Gasteiger charge is 2.32. The van der Waals surface area contributed by atoms with Gasteiger partial charge in [0.2, 0.25) is 23.6 Å². The quantitative estimate of drug-likeness (QED) is 0.157. The van der Waals surface area contributed by atoms with Crippen LogP contribution >= 0.6 is 0 Å². The Bertz CT molecular complexity index is 681. The van der Waals surface area contributed by atoms with E-state index in [4.69, 9.17) is 16.6 Å². The van der Waals surface area contributed by atoms with Crippen LogP contribution in [0.1, 0.15) is 53.9 Å². The molecular weight excluding hydrogens is 422 g/mol. The molecule has 0 aromatic heterocycles. The lowest BCUT2D eigenvalue weighted by Crippen LogP contribution is -2.59. The monoisotopic (exact) mass is 459 g/mol. The zero-order chi connectivity index (χ0) is 25.2. The number of aliphatic hydroxyl groups is 1. The SMILES string of the molecule is CC(C)CC(N)C(=O)NC(CC(C)C)C(=O)NC(CC(N)=O)C(=O)NC(C(=O)O)C(C)O. The number of carboxylic acids is 1. The van der Waals surface area contributed by atoms with Gasteiger partial charge in [-0.05, 0) is 31.6 Å². The first kappa shape index (κ1) is 29.3. The highest BCUT2D eigenvalue weighted by molar-refractivity contribution is 5.96. The van der Waals surface area contributed by atoms with Crippen molar-refractivity contribution in [1.29, 1.82) is 0 Å². The second-order valence-electron chi connectivity index (χ2n) is 8.72. The average molecular weight is 460 g/mol. The van der Waals surface area contributed by atoms with Crippen LogP contribution in [0.15, 0.2) is 0 Å². The van der Waals surface area contributed by atoms with Crippen LogP contribution in [0.4, 0.5) is 0 Å². The summed E-state index contributed by atoms with van der Waals surface area (Å²) >= 11 is 0. The minimum atomic E-state index is -1.66. The number of hydrogen-bond donors (Lipinski definition) is 7. The van der Waals surface area contributed by atoms with Crippen LogP contribution < -0.4 is 27.4 Å². The van der Waals surface area contributed by atoms with E-state index in [9.17, 15) is 29.1 Å². The summed E-state index contributed by atoms with van der Waals surface area (Å²) in [4.78, 5) is 60.4. The standard InChI is InChI=1S/C20H37N5O7/c1-9(2)6-12(21)17(28)23-13(7-10(3)4)18(29)24-14(8-15(22)27)19(30)25-16(11(5)26)20(31)32/h9-14,16,26H,6-8,21H2,1-5H3,(H2,22,27)(H,23,28)(H,24,29)(H,25,30)(H,31,32). The van der Waals surface area contributed by atoms with Crippen molar-refractivity contribution in [3.8, 4) is 0 Å².